The van der Waals surface area contributed by atoms with Crippen molar-refractivity contribution in [3.05, 3.63) is 0 Å². The molecule has 1 fully saturated rings. The van der Waals surface area contributed by atoms with Crippen LogP contribution < -0.4 is 0 Å². The summed E-state index contributed by atoms with van der Waals surface area (Å²) in [6.07, 6.45) is 1.55. The molecule has 1 heterocycles. The highest BCUT2D eigenvalue weighted by Crippen LogP contribution is 2.26. The van der Waals surface area contributed by atoms with Crippen LogP contribution in [0.2, 0.25) is 0 Å². The zero-order valence-corrected chi connectivity index (χ0v) is 8.43. The zero-order chi connectivity index (χ0) is 8.43. The maximum absolute atomic E-state index is 10.7. The number of ether oxygens (including phenoxy) is 1. The molecule has 11 heavy (non-hydrogen) atoms. The number of halogens is 1. The normalized spacial score (nSPS) is 27.3. The second-order valence-electron chi connectivity index (χ2n) is 3.26. The first-order valence-corrected chi connectivity index (χ1v) is 4.86. The van der Waals surface area contributed by atoms with Crippen LogP contribution in [-0.4, -0.2) is 16.9 Å². The highest BCUT2D eigenvalue weighted by atomic mass is 79.9. The van der Waals surface area contributed by atoms with Crippen molar-refractivity contribution in [2.45, 2.75) is 37.6 Å². The molecule has 0 aromatic heterocycles. The van der Waals surface area contributed by atoms with E-state index >= 15 is 0 Å². The van der Waals surface area contributed by atoms with Gasteiger partial charge < -0.3 is 4.74 Å². The Morgan fingerprint density at radius 1 is 1.64 bits per heavy atom. The van der Waals surface area contributed by atoms with Gasteiger partial charge in [-0.3, -0.25) is 4.79 Å². The molecule has 2 nitrogen and oxygen atoms in total. The van der Waals surface area contributed by atoms with Crippen LogP contribution in [0.5, 0.6) is 0 Å². The van der Waals surface area contributed by atoms with E-state index in [9.17, 15) is 4.79 Å². The average molecular weight is 221 g/mol. The van der Waals surface area contributed by atoms with Gasteiger partial charge in [-0.1, -0.05) is 29.8 Å². The van der Waals surface area contributed by atoms with Gasteiger partial charge in [-0.25, -0.2) is 0 Å². The van der Waals surface area contributed by atoms with Crippen molar-refractivity contribution in [3.63, 3.8) is 0 Å². The van der Waals surface area contributed by atoms with Crippen LogP contribution in [0.25, 0.3) is 0 Å². The van der Waals surface area contributed by atoms with Gasteiger partial charge in [-0.2, -0.15) is 0 Å². The quantitative estimate of drug-likeness (QED) is 0.527. The Hall–Kier alpha value is -0.0500. The molecule has 0 aromatic rings. The third-order valence-corrected chi connectivity index (χ3v) is 3.55. The molecule has 2 atom stereocenters. The van der Waals surface area contributed by atoms with E-state index in [1.165, 1.54) is 0 Å². The molecule has 0 radical (unpaired) electrons. The van der Waals surface area contributed by atoms with E-state index in [0.717, 1.165) is 6.42 Å². The molecule has 0 amide bonds. The Morgan fingerprint density at radius 3 is 2.64 bits per heavy atom. The number of alkyl halides is 1. The second kappa shape index (κ2) is 3.57. The van der Waals surface area contributed by atoms with Gasteiger partial charge in [0.25, 0.3) is 0 Å². The van der Waals surface area contributed by atoms with Gasteiger partial charge in [0.1, 0.15) is 6.10 Å². The summed E-state index contributed by atoms with van der Waals surface area (Å²) in [4.78, 5) is 11.1. The largest absolute Gasteiger partial charge is 0.461 e. The lowest BCUT2D eigenvalue weighted by Crippen LogP contribution is -2.24. The zero-order valence-electron chi connectivity index (χ0n) is 6.84. The molecule has 1 saturated heterocycles. The molecule has 0 aromatic carbocycles. The van der Waals surface area contributed by atoms with E-state index < -0.39 is 0 Å². The minimum Gasteiger partial charge on any atom is -0.461 e. The number of hydrogen-bond donors (Lipinski definition) is 0. The SMILES string of the molecule is CC(C)[C@H](Br)[C@@H]1CCC(=O)O1. The van der Waals surface area contributed by atoms with Gasteiger partial charge >= 0.3 is 5.97 Å². The average Bonchev–Trinajstić information content (AvgIpc) is 2.34. The Labute approximate surface area is 75.4 Å². The molecule has 1 rings (SSSR count). The van der Waals surface area contributed by atoms with Crippen molar-refractivity contribution in [1.82, 2.24) is 0 Å². The first-order valence-electron chi connectivity index (χ1n) is 3.95. The fourth-order valence-electron chi connectivity index (χ4n) is 1.20. The maximum atomic E-state index is 10.7. The number of hydrogen-bond acceptors (Lipinski definition) is 2. The van der Waals surface area contributed by atoms with Gasteiger partial charge in [-0.15, -0.1) is 0 Å². The van der Waals surface area contributed by atoms with Crippen molar-refractivity contribution in [2.75, 3.05) is 0 Å². The van der Waals surface area contributed by atoms with Crippen molar-refractivity contribution in [3.8, 4) is 0 Å². The standard InChI is InChI=1S/C8H13BrO2/c1-5(2)8(9)6-3-4-7(10)11-6/h5-6,8H,3-4H2,1-2H3/t6-,8-/m0/s1. The lowest BCUT2D eigenvalue weighted by atomic mass is 10.0. The van der Waals surface area contributed by atoms with Crippen LogP contribution in [-0.2, 0) is 9.53 Å². The third-order valence-electron chi connectivity index (χ3n) is 1.91. The molecule has 0 unspecified atom stereocenters. The topological polar surface area (TPSA) is 26.3 Å². The third kappa shape index (κ3) is 2.19. The van der Waals surface area contributed by atoms with E-state index in [-0.39, 0.29) is 12.1 Å². The summed E-state index contributed by atoms with van der Waals surface area (Å²) in [5, 5.41) is 0. The van der Waals surface area contributed by atoms with Crippen LogP contribution in [0.3, 0.4) is 0 Å². The fourth-order valence-corrected chi connectivity index (χ4v) is 1.57. The molecular formula is C8H13BrO2. The Balaban J connectivity index is 2.43. The highest BCUT2D eigenvalue weighted by molar-refractivity contribution is 9.09. The maximum Gasteiger partial charge on any atom is 0.306 e. The van der Waals surface area contributed by atoms with Crippen LogP contribution in [0.4, 0.5) is 0 Å². The summed E-state index contributed by atoms with van der Waals surface area (Å²) in [5.74, 6) is 0.464. The molecule has 0 N–H and O–H groups in total. The van der Waals surface area contributed by atoms with E-state index in [2.05, 4.69) is 29.8 Å². The van der Waals surface area contributed by atoms with Crippen molar-refractivity contribution in [1.29, 1.82) is 0 Å². The molecule has 0 spiro atoms. The summed E-state index contributed by atoms with van der Waals surface area (Å²) in [5.41, 5.74) is 0. The number of carbonyl (C=O) groups excluding carboxylic acids is 1. The Bertz CT molecular complexity index is 156. The summed E-state index contributed by atoms with van der Waals surface area (Å²) < 4.78 is 5.10. The van der Waals surface area contributed by atoms with E-state index in [1.807, 2.05) is 0 Å². The van der Waals surface area contributed by atoms with Crippen LogP contribution >= 0.6 is 15.9 Å². The van der Waals surface area contributed by atoms with Crippen LogP contribution in [0.15, 0.2) is 0 Å². The minimum atomic E-state index is -0.0555. The van der Waals surface area contributed by atoms with Gasteiger partial charge in [-0.05, 0) is 12.3 Å². The lowest BCUT2D eigenvalue weighted by Gasteiger charge is -2.19. The van der Waals surface area contributed by atoms with Crippen LogP contribution in [0, 0.1) is 5.92 Å². The van der Waals surface area contributed by atoms with Crippen molar-refractivity contribution >= 4 is 21.9 Å². The molecule has 0 aliphatic carbocycles. The lowest BCUT2D eigenvalue weighted by molar-refractivity contribution is -0.141. The minimum absolute atomic E-state index is 0.0555. The molecule has 0 bridgehead atoms. The predicted octanol–water partition coefficient (Wildman–Crippen LogP) is 2.11. The summed E-state index contributed by atoms with van der Waals surface area (Å²) in [6, 6.07) is 0. The van der Waals surface area contributed by atoms with Gasteiger partial charge in [0.05, 0.1) is 4.83 Å². The number of rotatable bonds is 2. The highest BCUT2D eigenvalue weighted by Gasteiger charge is 2.30. The predicted molar refractivity (Wildman–Crippen MR) is 46.7 cm³/mol. The molecular weight excluding hydrogens is 208 g/mol. The molecule has 64 valence electrons. The molecule has 0 saturated carbocycles. The molecule has 1 aliphatic rings. The summed E-state index contributed by atoms with van der Waals surface area (Å²) in [6.45, 7) is 4.23. The molecule has 3 heteroatoms. The smallest absolute Gasteiger partial charge is 0.306 e. The van der Waals surface area contributed by atoms with Crippen molar-refractivity contribution < 1.29 is 9.53 Å². The Morgan fingerprint density at radius 2 is 2.27 bits per heavy atom. The number of esters is 1. The van der Waals surface area contributed by atoms with Gasteiger partial charge in [0.15, 0.2) is 0 Å². The monoisotopic (exact) mass is 220 g/mol. The number of cyclic esters (lactones) is 1. The fraction of sp³-hybridized carbons (Fsp3) is 0.875. The van der Waals surface area contributed by atoms with Gasteiger partial charge in [0.2, 0.25) is 0 Å². The summed E-state index contributed by atoms with van der Waals surface area (Å²) >= 11 is 3.52. The van der Waals surface area contributed by atoms with E-state index in [0.29, 0.717) is 17.2 Å². The Kier molecular flexibility index (Phi) is 2.93. The van der Waals surface area contributed by atoms with Gasteiger partial charge in [0, 0.05) is 6.42 Å². The first kappa shape index (κ1) is 9.04. The molecule has 1 aliphatic heterocycles. The first-order chi connectivity index (χ1) is 5.11. The van der Waals surface area contributed by atoms with Crippen molar-refractivity contribution in [2.24, 2.45) is 5.92 Å². The second-order valence-corrected chi connectivity index (χ2v) is 4.31. The van der Waals surface area contributed by atoms with E-state index in [4.69, 9.17) is 4.74 Å². The van der Waals surface area contributed by atoms with Crippen LogP contribution in [0.1, 0.15) is 26.7 Å². The summed E-state index contributed by atoms with van der Waals surface area (Å²) in [7, 11) is 0. The van der Waals surface area contributed by atoms with E-state index in [1.54, 1.807) is 0 Å². The number of carbonyl (C=O) groups is 1.